The number of hydrogen-bond donors (Lipinski definition) is 1. The molecule has 0 radical (unpaired) electrons. The molecule has 0 spiro atoms. The van der Waals surface area contributed by atoms with E-state index in [2.05, 4.69) is 31.1 Å². The van der Waals surface area contributed by atoms with Gasteiger partial charge in [0.25, 0.3) is 0 Å². The smallest absolute Gasteiger partial charge is 0.133 e. The van der Waals surface area contributed by atoms with Crippen molar-refractivity contribution in [1.82, 2.24) is 9.97 Å². The molecule has 0 atom stereocenters. The fraction of sp³-hybridized carbons (Fsp3) is 0.375. The molecule has 1 N–H and O–H groups in total. The molecule has 3 nitrogen and oxygen atoms in total. The lowest BCUT2D eigenvalue weighted by atomic mass is 10.1. The predicted molar refractivity (Wildman–Crippen MR) is 85.4 cm³/mol. The van der Waals surface area contributed by atoms with Crippen molar-refractivity contribution in [3.05, 3.63) is 40.7 Å². The minimum absolute atomic E-state index is 0.737. The van der Waals surface area contributed by atoms with Crippen LogP contribution in [0.5, 0.6) is 0 Å². The normalized spacial score (nSPS) is 10.6. The number of rotatable bonds is 5. The van der Waals surface area contributed by atoms with Gasteiger partial charge in [0, 0.05) is 29.1 Å². The van der Waals surface area contributed by atoms with Crippen molar-refractivity contribution < 1.29 is 0 Å². The van der Waals surface area contributed by atoms with E-state index in [4.69, 9.17) is 16.6 Å². The first kappa shape index (κ1) is 14.8. The maximum absolute atomic E-state index is 5.96. The van der Waals surface area contributed by atoms with Gasteiger partial charge in [-0.25, -0.2) is 9.97 Å². The second kappa shape index (κ2) is 6.71. The number of aromatic nitrogens is 2. The van der Waals surface area contributed by atoms with E-state index in [-0.39, 0.29) is 0 Å². The number of nitrogens with zero attached hydrogens (tertiary/aromatic N) is 2. The number of nitrogens with one attached hydrogen (secondary N) is 1. The van der Waals surface area contributed by atoms with E-state index in [9.17, 15) is 0 Å². The second-order valence-electron chi connectivity index (χ2n) is 4.75. The molecular weight excluding hydrogens is 270 g/mol. The Morgan fingerprint density at radius 1 is 1.10 bits per heavy atom. The van der Waals surface area contributed by atoms with Gasteiger partial charge in [0.1, 0.15) is 11.6 Å². The molecule has 2 aromatic rings. The van der Waals surface area contributed by atoms with Crippen LogP contribution in [0.25, 0.3) is 11.3 Å². The van der Waals surface area contributed by atoms with Gasteiger partial charge in [-0.05, 0) is 32.4 Å². The maximum Gasteiger partial charge on any atom is 0.133 e. The summed E-state index contributed by atoms with van der Waals surface area (Å²) in [5.74, 6) is 1.81. The lowest BCUT2D eigenvalue weighted by molar-refractivity contribution is 0.833. The number of benzene rings is 1. The Bertz CT molecular complexity index is 579. The van der Waals surface area contributed by atoms with E-state index in [1.54, 1.807) is 0 Å². The van der Waals surface area contributed by atoms with Crippen LogP contribution in [0.15, 0.2) is 24.3 Å². The molecule has 0 fully saturated rings. The minimum atomic E-state index is 0.737. The molecule has 0 aliphatic rings. The van der Waals surface area contributed by atoms with E-state index < -0.39 is 0 Å². The van der Waals surface area contributed by atoms with Gasteiger partial charge in [-0.2, -0.15) is 0 Å². The van der Waals surface area contributed by atoms with Crippen LogP contribution in [0, 0.1) is 6.92 Å². The van der Waals surface area contributed by atoms with Crippen LogP contribution in [0.2, 0.25) is 5.02 Å². The van der Waals surface area contributed by atoms with Gasteiger partial charge in [-0.15, -0.1) is 0 Å². The summed E-state index contributed by atoms with van der Waals surface area (Å²) >= 11 is 5.96. The fourth-order valence-corrected chi connectivity index (χ4v) is 2.25. The van der Waals surface area contributed by atoms with Crippen molar-refractivity contribution in [2.75, 3.05) is 11.9 Å². The zero-order valence-corrected chi connectivity index (χ0v) is 13.0. The molecular formula is C16H20ClN3. The molecule has 0 saturated heterocycles. The summed E-state index contributed by atoms with van der Waals surface area (Å²) in [7, 11) is 0. The summed E-state index contributed by atoms with van der Waals surface area (Å²) in [4.78, 5) is 9.32. The molecule has 106 valence electrons. The Hall–Kier alpha value is -1.61. The minimum Gasteiger partial charge on any atom is -0.370 e. The zero-order valence-electron chi connectivity index (χ0n) is 12.2. The third kappa shape index (κ3) is 3.28. The van der Waals surface area contributed by atoms with E-state index in [1.807, 2.05) is 24.3 Å². The molecule has 0 amide bonds. The molecule has 0 bridgehead atoms. The largest absolute Gasteiger partial charge is 0.370 e. The van der Waals surface area contributed by atoms with Gasteiger partial charge in [0.15, 0.2) is 0 Å². The van der Waals surface area contributed by atoms with E-state index >= 15 is 0 Å². The first-order chi connectivity index (χ1) is 9.65. The summed E-state index contributed by atoms with van der Waals surface area (Å²) in [5.41, 5.74) is 3.14. The van der Waals surface area contributed by atoms with E-state index in [0.717, 1.165) is 52.9 Å². The Labute approximate surface area is 125 Å². The summed E-state index contributed by atoms with van der Waals surface area (Å²) in [6.45, 7) is 7.11. The van der Waals surface area contributed by atoms with Gasteiger partial charge in [-0.1, -0.05) is 30.7 Å². The molecule has 0 aliphatic heterocycles. The highest BCUT2D eigenvalue weighted by atomic mass is 35.5. The van der Waals surface area contributed by atoms with Crippen LogP contribution in [-0.4, -0.2) is 16.5 Å². The molecule has 1 heterocycles. The summed E-state index contributed by atoms with van der Waals surface area (Å²) < 4.78 is 0. The number of halogens is 1. The van der Waals surface area contributed by atoms with Crippen molar-refractivity contribution in [2.24, 2.45) is 0 Å². The highest BCUT2D eigenvalue weighted by molar-refractivity contribution is 6.30. The van der Waals surface area contributed by atoms with Crippen molar-refractivity contribution in [2.45, 2.75) is 33.6 Å². The summed E-state index contributed by atoms with van der Waals surface area (Å²) in [6.07, 6.45) is 1.92. The molecule has 0 aliphatic carbocycles. The highest BCUT2D eigenvalue weighted by Crippen LogP contribution is 2.27. The van der Waals surface area contributed by atoms with Crippen LogP contribution in [0.1, 0.15) is 31.7 Å². The van der Waals surface area contributed by atoms with Crippen molar-refractivity contribution in [1.29, 1.82) is 0 Å². The maximum atomic E-state index is 5.96. The molecule has 1 aromatic carbocycles. The average Bonchev–Trinajstić information content (AvgIpc) is 2.44. The third-order valence-electron chi connectivity index (χ3n) is 3.13. The molecule has 0 unspecified atom stereocenters. The van der Waals surface area contributed by atoms with Crippen molar-refractivity contribution in [3.8, 4) is 11.3 Å². The number of anilines is 1. The van der Waals surface area contributed by atoms with Gasteiger partial charge >= 0.3 is 0 Å². The highest BCUT2D eigenvalue weighted by Gasteiger charge is 2.11. The number of hydrogen-bond acceptors (Lipinski definition) is 3. The van der Waals surface area contributed by atoms with Gasteiger partial charge in [-0.3, -0.25) is 0 Å². The van der Waals surface area contributed by atoms with E-state index in [1.165, 1.54) is 0 Å². The summed E-state index contributed by atoms with van der Waals surface area (Å²) in [5, 5.41) is 4.06. The zero-order chi connectivity index (χ0) is 14.5. The van der Waals surface area contributed by atoms with Crippen molar-refractivity contribution in [3.63, 3.8) is 0 Å². The van der Waals surface area contributed by atoms with E-state index in [0.29, 0.717) is 0 Å². The Balaban J connectivity index is 2.52. The average molecular weight is 290 g/mol. The monoisotopic (exact) mass is 289 g/mol. The lowest BCUT2D eigenvalue weighted by Gasteiger charge is -2.13. The first-order valence-corrected chi connectivity index (χ1v) is 7.40. The standard InChI is InChI=1S/C16H20ClN3/c1-4-6-14-19-15(11(3)16(20-14)18-5-2)12-7-9-13(17)10-8-12/h7-10H,4-6H2,1-3H3,(H,18,19,20). The van der Waals surface area contributed by atoms with Crippen LogP contribution >= 0.6 is 11.6 Å². The van der Waals surface area contributed by atoms with Crippen LogP contribution in [0.3, 0.4) is 0 Å². The number of aryl methyl sites for hydroxylation is 1. The Kier molecular flexibility index (Phi) is 4.96. The van der Waals surface area contributed by atoms with Gasteiger partial charge < -0.3 is 5.32 Å². The summed E-state index contributed by atoms with van der Waals surface area (Å²) in [6, 6.07) is 7.79. The van der Waals surface area contributed by atoms with Crippen LogP contribution in [0.4, 0.5) is 5.82 Å². The Morgan fingerprint density at radius 2 is 1.80 bits per heavy atom. The predicted octanol–water partition coefficient (Wildman–Crippen LogP) is 4.49. The molecule has 0 saturated carbocycles. The topological polar surface area (TPSA) is 37.8 Å². The molecule has 2 rings (SSSR count). The molecule has 20 heavy (non-hydrogen) atoms. The Morgan fingerprint density at radius 3 is 2.40 bits per heavy atom. The molecule has 1 aromatic heterocycles. The quantitative estimate of drug-likeness (QED) is 0.881. The second-order valence-corrected chi connectivity index (χ2v) is 5.19. The third-order valence-corrected chi connectivity index (χ3v) is 3.38. The van der Waals surface area contributed by atoms with Crippen LogP contribution in [-0.2, 0) is 6.42 Å². The van der Waals surface area contributed by atoms with Crippen LogP contribution < -0.4 is 5.32 Å². The van der Waals surface area contributed by atoms with Crippen molar-refractivity contribution >= 4 is 17.4 Å². The fourth-order valence-electron chi connectivity index (χ4n) is 2.13. The SMILES string of the molecule is CCCc1nc(NCC)c(C)c(-c2ccc(Cl)cc2)n1. The molecule has 4 heteroatoms. The first-order valence-electron chi connectivity index (χ1n) is 7.03. The van der Waals surface area contributed by atoms with Gasteiger partial charge in [0.2, 0.25) is 0 Å². The van der Waals surface area contributed by atoms with Gasteiger partial charge in [0.05, 0.1) is 5.69 Å². The lowest BCUT2D eigenvalue weighted by Crippen LogP contribution is -2.08.